The first-order valence-corrected chi connectivity index (χ1v) is 13.0. The third-order valence-electron chi connectivity index (χ3n) is 6.53. The van der Waals surface area contributed by atoms with Crippen molar-refractivity contribution in [1.29, 1.82) is 0 Å². The Labute approximate surface area is 212 Å². The molecule has 0 fully saturated rings. The molecule has 36 heavy (non-hydrogen) atoms. The van der Waals surface area contributed by atoms with E-state index >= 15 is 4.39 Å². The van der Waals surface area contributed by atoms with E-state index in [0.717, 1.165) is 35.2 Å². The van der Waals surface area contributed by atoms with Gasteiger partial charge in [0.25, 0.3) is 0 Å². The quantitative estimate of drug-likeness (QED) is 0.180. The van der Waals surface area contributed by atoms with Crippen molar-refractivity contribution in [2.24, 2.45) is 0 Å². The zero-order chi connectivity index (χ0) is 25.2. The maximum absolute atomic E-state index is 15.1. The molecule has 3 nitrogen and oxygen atoms in total. The summed E-state index contributed by atoms with van der Waals surface area (Å²) < 4.78 is 34.0. The van der Waals surface area contributed by atoms with E-state index < -0.39 is 0 Å². The maximum atomic E-state index is 15.1. The number of aryl methyl sites for hydroxylation is 4. The highest BCUT2D eigenvalue weighted by molar-refractivity contribution is 5.84. The molecule has 4 rings (SSSR count). The third-order valence-corrected chi connectivity index (χ3v) is 6.53. The molecule has 0 unspecified atom stereocenters. The Kier molecular flexibility index (Phi) is 9.37. The molecule has 0 saturated heterocycles. The highest BCUT2D eigenvalue weighted by Crippen LogP contribution is 2.24. The number of nitrogens with zero attached hydrogens (tertiary/aromatic N) is 2. The maximum Gasteiger partial charge on any atom is 0.155 e. The summed E-state index contributed by atoms with van der Waals surface area (Å²) in [5.74, 6) is 1.05. The molecule has 0 atom stereocenters. The number of fused-ring (bicyclic) bond motifs is 1. The second-order valence-corrected chi connectivity index (χ2v) is 9.32. The normalized spacial score (nSPS) is 11.2. The summed E-state index contributed by atoms with van der Waals surface area (Å²) >= 11 is 0. The molecule has 5 heteroatoms. The molecule has 1 aromatic heterocycles. The van der Waals surface area contributed by atoms with Crippen LogP contribution in [-0.2, 0) is 25.7 Å². The van der Waals surface area contributed by atoms with Crippen molar-refractivity contribution in [1.82, 2.24) is 9.97 Å². The van der Waals surface area contributed by atoms with Crippen LogP contribution in [0.2, 0.25) is 0 Å². The predicted octanol–water partition coefficient (Wildman–Crippen LogP) is 7.83. The van der Waals surface area contributed by atoms with E-state index in [1.54, 1.807) is 24.5 Å². The van der Waals surface area contributed by atoms with E-state index in [1.165, 1.54) is 37.8 Å². The van der Waals surface area contributed by atoms with E-state index in [-0.39, 0.29) is 11.6 Å². The Morgan fingerprint density at radius 3 is 2.22 bits per heavy atom. The first-order valence-electron chi connectivity index (χ1n) is 13.0. The van der Waals surface area contributed by atoms with Crippen LogP contribution < -0.4 is 4.74 Å². The molecule has 0 amide bonds. The standard InChI is InChI=1S/C31H34F2N2O/c1-2-3-4-5-6-19-36-28-21-34-30(35-22-28)18-11-24-10-17-29-26(20-24)14-13-25(31(29)33)12-7-23-8-15-27(32)16-9-23/h8-10,13-17,20-22H,2-7,11-12,18-19H2,1H3. The lowest BCUT2D eigenvalue weighted by atomic mass is 9.98. The summed E-state index contributed by atoms with van der Waals surface area (Å²) in [4.78, 5) is 8.89. The number of halogens is 2. The molecule has 0 aliphatic carbocycles. The zero-order valence-corrected chi connectivity index (χ0v) is 21.0. The van der Waals surface area contributed by atoms with E-state index in [9.17, 15) is 4.39 Å². The number of aromatic nitrogens is 2. The number of rotatable bonds is 13. The largest absolute Gasteiger partial charge is 0.490 e. The minimum absolute atomic E-state index is 0.176. The van der Waals surface area contributed by atoms with Crippen LogP contribution in [0.5, 0.6) is 5.75 Å². The van der Waals surface area contributed by atoms with Gasteiger partial charge in [0.2, 0.25) is 0 Å². The monoisotopic (exact) mass is 488 g/mol. The minimum Gasteiger partial charge on any atom is -0.490 e. The Hall–Kier alpha value is -3.34. The average Bonchev–Trinajstić information content (AvgIpc) is 2.90. The topological polar surface area (TPSA) is 35.0 Å². The smallest absolute Gasteiger partial charge is 0.155 e. The van der Waals surface area contributed by atoms with Crippen LogP contribution in [0.1, 0.15) is 61.5 Å². The van der Waals surface area contributed by atoms with Crippen molar-refractivity contribution in [3.8, 4) is 5.75 Å². The Balaban J connectivity index is 1.29. The van der Waals surface area contributed by atoms with Gasteiger partial charge in [0, 0.05) is 11.8 Å². The van der Waals surface area contributed by atoms with Gasteiger partial charge in [-0.25, -0.2) is 18.7 Å². The van der Waals surface area contributed by atoms with Gasteiger partial charge >= 0.3 is 0 Å². The van der Waals surface area contributed by atoms with E-state index in [2.05, 4.69) is 16.9 Å². The molecule has 0 aliphatic rings. The lowest BCUT2D eigenvalue weighted by Gasteiger charge is -2.09. The Morgan fingerprint density at radius 2 is 1.44 bits per heavy atom. The van der Waals surface area contributed by atoms with Gasteiger partial charge in [-0.1, -0.05) is 75.1 Å². The molecule has 0 bridgehead atoms. The molecule has 0 N–H and O–H groups in total. The molecule has 0 radical (unpaired) electrons. The van der Waals surface area contributed by atoms with Crippen molar-refractivity contribution >= 4 is 10.8 Å². The van der Waals surface area contributed by atoms with E-state index in [0.29, 0.717) is 42.6 Å². The molecule has 188 valence electrons. The lowest BCUT2D eigenvalue weighted by Crippen LogP contribution is -2.02. The van der Waals surface area contributed by atoms with Gasteiger partial charge < -0.3 is 4.74 Å². The summed E-state index contributed by atoms with van der Waals surface area (Å²) in [6.07, 6.45) is 12.3. The van der Waals surface area contributed by atoms with Gasteiger partial charge in [-0.05, 0) is 59.9 Å². The van der Waals surface area contributed by atoms with Gasteiger partial charge in [0.15, 0.2) is 5.75 Å². The van der Waals surface area contributed by atoms with Crippen LogP contribution in [0.4, 0.5) is 8.78 Å². The van der Waals surface area contributed by atoms with Crippen LogP contribution in [0, 0.1) is 11.6 Å². The molecule has 0 aliphatic heterocycles. The summed E-state index contributed by atoms with van der Waals surface area (Å²) in [6, 6.07) is 16.1. The predicted molar refractivity (Wildman–Crippen MR) is 141 cm³/mol. The first-order chi connectivity index (χ1) is 17.6. The highest BCUT2D eigenvalue weighted by Gasteiger charge is 2.09. The SMILES string of the molecule is CCCCCCCOc1cnc(CCc2ccc3c(F)c(CCc4ccc(F)cc4)ccc3c2)nc1. The first kappa shape index (κ1) is 25.7. The molecule has 3 aromatic carbocycles. The van der Waals surface area contributed by atoms with Crippen molar-refractivity contribution in [2.45, 2.75) is 64.7 Å². The summed E-state index contributed by atoms with van der Waals surface area (Å²) in [7, 11) is 0. The summed E-state index contributed by atoms with van der Waals surface area (Å²) in [5, 5.41) is 1.52. The fourth-order valence-corrected chi connectivity index (χ4v) is 4.36. The van der Waals surface area contributed by atoms with Crippen LogP contribution in [0.15, 0.2) is 67.0 Å². The van der Waals surface area contributed by atoms with Gasteiger partial charge in [0.1, 0.15) is 17.5 Å². The fraction of sp³-hybridized carbons (Fsp3) is 0.355. The number of benzene rings is 3. The van der Waals surface area contributed by atoms with Crippen LogP contribution in [0.25, 0.3) is 10.8 Å². The van der Waals surface area contributed by atoms with Crippen LogP contribution in [0.3, 0.4) is 0 Å². The number of hydrogen-bond donors (Lipinski definition) is 0. The van der Waals surface area contributed by atoms with Gasteiger partial charge in [0.05, 0.1) is 19.0 Å². The summed E-state index contributed by atoms with van der Waals surface area (Å²) in [5.41, 5.74) is 2.80. The molecule has 4 aromatic rings. The molecule has 1 heterocycles. The van der Waals surface area contributed by atoms with Crippen molar-refractivity contribution in [3.63, 3.8) is 0 Å². The highest BCUT2D eigenvalue weighted by atomic mass is 19.1. The molecule has 0 saturated carbocycles. The molecular weight excluding hydrogens is 454 g/mol. The Bertz CT molecular complexity index is 1240. The third kappa shape index (κ3) is 7.33. The number of unbranched alkanes of at least 4 members (excludes halogenated alkanes) is 4. The van der Waals surface area contributed by atoms with Crippen molar-refractivity contribution in [2.75, 3.05) is 6.61 Å². The van der Waals surface area contributed by atoms with Crippen molar-refractivity contribution in [3.05, 3.63) is 101 Å². The van der Waals surface area contributed by atoms with Gasteiger partial charge in [-0.2, -0.15) is 0 Å². The van der Waals surface area contributed by atoms with E-state index in [4.69, 9.17) is 4.74 Å². The van der Waals surface area contributed by atoms with Crippen molar-refractivity contribution < 1.29 is 13.5 Å². The lowest BCUT2D eigenvalue weighted by molar-refractivity contribution is 0.302. The minimum atomic E-state index is -0.257. The second-order valence-electron chi connectivity index (χ2n) is 9.32. The van der Waals surface area contributed by atoms with Gasteiger partial charge in [-0.15, -0.1) is 0 Å². The van der Waals surface area contributed by atoms with Crippen LogP contribution in [-0.4, -0.2) is 16.6 Å². The molecular formula is C31H34F2N2O. The fourth-order valence-electron chi connectivity index (χ4n) is 4.36. The zero-order valence-electron chi connectivity index (χ0n) is 21.0. The summed E-state index contributed by atoms with van der Waals surface area (Å²) in [6.45, 7) is 2.92. The Morgan fingerprint density at radius 1 is 0.722 bits per heavy atom. The van der Waals surface area contributed by atoms with Crippen LogP contribution >= 0.6 is 0 Å². The number of hydrogen-bond acceptors (Lipinski definition) is 3. The second kappa shape index (κ2) is 13.1. The average molecular weight is 489 g/mol. The number of ether oxygens (including phenoxy) is 1. The molecule has 0 spiro atoms. The van der Waals surface area contributed by atoms with E-state index in [1.807, 2.05) is 30.3 Å². The van der Waals surface area contributed by atoms with Gasteiger partial charge in [-0.3, -0.25) is 0 Å².